The standard InChI is InChI=1S/C24H20N2O4/c1-30-19-9-5-6-16(14-19)15-26-21(17-10-12-25-13-11-17)20(23(28)24(26)29)22(27)18-7-3-2-4-8-18/h2-14,21,27H,15H2,1H3/b22-20-. The highest BCUT2D eigenvalue weighted by Gasteiger charge is 2.46. The third-order valence-electron chi connectivity index (χ3n) is 5.10. The monoisotopic (exact) mass is 400 g/mol. The van der Waals surface area contributed by atoms with Gasteiger partial charge in [-0.15, -0.1) is 0 Å². The van der Waals surface area contributed by atoms with Gasteiger partial charge in [-0.3, -0.25) is 14.6 Å². The Kier molecular flexibility index (Phi) is 5.30. The van der Waals surface area contributed by atoms with Crippen molar-refractivity contribution >= 4 is 17.4 Å². The fourth-order valence-electron chi connectivity index (χ4n) is 3.65. The van der Waals surface area contributed by atoms with Gasteiger partial charge >= 0.3 is 0 Å². The molecule has 0 bridgehead atoms. The number of aliphatic hydroxyl groups is 1. The molecule has 0 radical (unpaired) electrons. The van der Waals surface area contributed by atoms with E-state index in [0.29, 0.717) is 16.9 Å². The van der Waals surface area contributed by atoms with Crippen LogP contribution in [0.2, 0.25) is 0 Å². The van der Waals surface area contributed by atoms with Gasteiger partial charge in [-0.05, 0) is 35.4 Å². The smallest absolute Gasteiger partial charge is 0.295 e. The molecule has 1 saturated heterocycles. The van der Waals surface area contributed by atoms with Gasteiger partial charge in [0.15, 0.2) is 0 Å². The third-order valence-corrected chi connectivity index (χ3v) is 5.10. The number of benzene rings is 2. The molecule has 1 aromatic heterocycles. The molecule has 1 aliphatic rings. The Morgan fingerprint density at radius 3 is 2.47 bits per heavy atom. The third kappa shape index (κ3) is 3.55. The summed E-state index contributed by atoms with van der Waals surface area (Å²) in [5.41, 5.74) is 2.07. The lowest BCUT2D eigenvalue weighted by Crippen LogP contribution is -2.29. The zero-order chi connectivity index (χ0) is 21.1. The summed E-state index contributed by atoms with van der Waals surface area (Å²) in [7, 11) is 1.57. The molecule has 1 N–H and O–H groups in total. The van der Waals surface area contributed by atoms with Gasteiger partial charge in [-0.1, -0.05) is 42.5 Å². The molecule has 1 fully saturated rings. The second-order valence-electron chi connectivity index (χ2n) is 6.93. The number of aliphatic hydroxyl groups excluding tert-OH is 1. The van der Waals surface area contributed by atoms with Crippen molar-refractivity contribution in [3.8, 4) is 5.75 Å². The summed E-state index contributed by atoms with van der Waals surface area (Å²) in [6.45, 7) is 0.195. The summed E-state index contributed by atoms with van der Waals surface area (Å²) >= 11 is 0. The van der Waals surface area contributed by atoms with Gasteiger partial charge in [-0.2, -0.15) is 0 Å². The van der Waals surface area contributed by atoms with Crippen LogP contribution < -0.4 is 4.74 Å². The molecule has 1 amide bonds. The van der Waals surface area contributed by atoms with Gasteiger partial charge in [0.25, 0.3) is 11.7 Å². The first kappa shape index (κ1) is 19.4. The van der Waals surface area contributed by atoms with Crippen LogP contribution in [0.25, 0.3) is 5.76 Å². The number of hydrogen-bond acceptors (Lipinski definition) is 5. The number of amides is 1. The number of likely N-dealkylation sites (tertiary alicyclic amines) is 1. The molecule has 0 aliphatic carbocycles. The van der Waals surface area contributed by atoms with Crippen molar-refractivity contribution in [3.63, 3.8) is 0 Å². The van der Waals surface area contributed by atoms with Gasteiger partial charge in [0.05, 0.1) is 18.7 Å². The predicted octanol–water partition coefficient (Wildman–Crippen LogP) is 3.71. The van der Waals surface area contributed by atoms with Gasteiger partial charge in [-0.25, -0.2) is 0 Å². The van der Waals surface area contributed by atoms with Crippen LogP contribution in [0.5, 0.6) is 5.75 Å². The van der Waals surface area contributed by atoms with Crippen molar-refractivity contribution in [2.24, 2.45) is 0 Å². The van der Waals surface area contributed by atoms with Crippen molar-refractivity contribution in [3.05, 3.63) is 101 Å². The highest BCUT2D eigenvalue weighted by Crippen LogP contribution is 2.40. The number of ether oxygens (including phenoxy) is 1. The van der Waals surface area contributed by atoms with E-state index in [-0.39, 0.29) is 17.9 Å². The van der Waals surface area contributed by atoms with E-state index in [1.165, 1.54) is 4.90 Å². The maximum atomic E-state index is 13.0. The summed E-state index contributed by atoms with van der Waals surface area (Å²) in [6, 6.07) is 18.8. The van der Waals surface area contributed by atoms with Gasteiger partial charge in [0.1, 0.15) is 11.5 Å². The molecule has 0 spiro atoms. The molecule has 30 heavy (non-hydrogen) atoms. The molecule has 1 atom stereocenters. The number of carbonyl (C=O) groups is 2. The lowest BCUT2D eigenvalue weighted by Gasteiger charge is -2.25. The second-order valence-corrected chi connectivity index (χ2v) is 6.93. The molecule has 6 heteroatoms. The number of nitrogens with zero attached hydrogens (tertiary/aromatic N) is 2. The zero-order valence-electron chi connectivity index (χ0n) is 16.4. The highest BCUT2D eigenvalue weighted by atomic mass is 16.5. The molecular weight excluding hydrogens is 380 g/mol. The summed E-state index contributed by atoms with van der Waals surface area (Å²) < 4.78 is 5.27. The van der Waals surface area contributed by atoms with Crippen molar-refractivity contribution in [1.29, 1.82) is 0 Å². The molecule has 150 valence electrons. The summed E-state index contributed by atoms with van der Waals surface area (Å²) in [5.74, 6) is -0.893. The van der Waals surface area contributed by atoms with Crippen LogP contribution >= 0.6 is 0 Å². The molecule has 2 aromatic carbocycles. The average Bonchev–Trinajstić information content (AvgIpc) is 3.05. The number of Topliss-reactive ketones (excluding diaryl/α,β-unsaturated/α-hetero) is 1. The van der Waals surface area contributed by atoms with Crippen molar-refractivity contribution in [1.82, 2.24) is 9.88 Å². The van der Waals surface area contributed by atoms with E-state index in [1.807, 2.05) is 30.3 Å². The molecule has 1 aliphatic heterocycles. The maximum absolute atomic E-state index is 13.0. The Morgan fingerprint density at radius 2 is 1.77 bits per heavy atom. The highest BCUT2D eigenvalue weighted by molar-refractivity contribution is 6.46. The molecule has 6 nitrogen and oxygen atoms in total. The minimum absolute atomic E-state index is 0.0697. The molecular formula is C24H20N2O4. The fraction of sp³-hybridized carbons (Fsp3) is 0.125. The van der Waals surface area contributed by atoms with Gasteiger partial charge < -0.3 is 14.7 Å². The van der Waals surface area contributed by atoms with Crippen LogP contribution in [0.3, 0.4) is 0 Å². The first-order valence-corrected chi connectivity index (χ1v) is 9.47. The Morgan fingerprint density at radius 1 is 1.03 bits per heavy atom. The Bertz CT molecular complexity index is 1110. The van der Waals surface area contributed by atoms with Crippen molar-refractivity contribution < 1.29 is 19.4 Å². The minimum atomic E-state index is -0.723. The van der Waals surface area contributed by atoms with Crippen LogP contribution in [0.4, 0.5) is 0 Å². The maximum Gasteiger partial charge on any atom is 0.295 e. The predicted molar refractivity (Wildman–Crippen MR) is 112 cm³/mol. The van der Waals surface area contributed by atoms with E-state index >= 15 is 0 Å². The summed E-state index contributed by atoms with van der Waals surface area (Å²) in [4.78, 5) is 31.5. The second kappa shape index (κ2) is 8.21. The molecule has 4 rings (SSSR count). The van der Waals surface area contributed by atoms with Gasteiger partial charge in [0.2, 0.25) is 0 Å². The fourth-order valence-corrected chi connectivity index (χ4v) is 3.65. The molecule has 2 heterocycles. The van der Waals surface area contributed by atoms with Crippen LogP contribution in [0, 0.1) is 0 Å². The number of pyridine rings is 1. The SMILES string of the molecule is COc1cccc(CN2C(=O)C(=O)/C(=C(\O)c3ccccc3)C2c2ccncc2)c1. The Hall–Kier alpha value is -3.93. The molecule has 3 aromatic rings. The normalized spacial score (nSPS) is 17.9. The molecule has 0 saturated carbocycles. The topological polar surface area (TPSA) is 79.7 Å². The zero-order valence-corrected chi connectivity index (χ0v) is 16.4. The number of ketones is 1. The van der Waals surface area contributed by atoms with Crippen LogP contribution in [0.1, 0.15) is 22.7 Å². The van der Waals surface area contributed by atoms with E-state index in [9.17, 15) is 14.7 Å². The van der Waals surface area contributed by atoms with Crippen molar-refractivity contribution in [2.45, 2.75) is 12.6 Å². The lowest BCUT2D eigenvalue weighted by atomic mass is 9.96. The number of methoxy groups -OCH3 is 1. The van der Waals surface area contributed by atoms with Crippen molar-refractivity contribution in [2.75, 3.05) is 7.11 Å². The molecule has 1 unspecified atom stereocenters. The van der Waals surface area contributed by atoms with E-state index in [4.69, 9.17) is 4.74 Å². The number of hydrogen-bond donors (Lipinski definition) is 1. The van der Waals surface area contributed by atoms with E-state index < -0.39 is 17.7 Å². The largest absolute Gasteiger partial charge is 0.507 e. The number of aromatic nitrogens is 1. The lowest BCUT2D eigenvalue weighted by molar-refractivity contribution is -0.140. The Balaban J connectivity index is 1.83. The van der Waals surface area contributed by atoms with E-state index in [2.05, 4.69) is 4.98 Å². The average molecular weight is 400 g/mol. The quantitative estimate of drug-likeness (QED) is 0.401. The first-order valence-electron chi connectivity index (χ1n) is 9.47. The van der Waals surface area contributed by atoms with E-state index in [1.54, 1.807) is 55.9 Å². The number of rotatable bonds is 5. The number of carbonyl (C=O) groups excluding carboxylic acids is 2. The van der Waals surface area contributed by atoms with E-state index in [0.717, 1.165) is 5.56 Å². The minimum Gasteiger partial charge on any atom is -0.507 e. The van der Waals surface area contributed by atoms with Crippen LogP contribution in [0.15, 0.2) is 84.7 Å². The van der Waals surface area contributed by atoms with Crippen LogP contribution in [-0.4, -0.2) is 33.8 Å². The Labute approximate surface area is 174 Å². The summed E-state index contributed by atoms with van der Waals surface area (Å²) in [5, 5.41) is 11.0. The van der Waals surface area contributed by atoms with Gasteiger partial charge in [0, 0.05) is 24.5 Å². The first-order chi connectivity index (χ1) is 14.6. The van der Waals surface area contributed by atoms with Crippen LogP contribution in [-0.2, 0) is 16.1 Å². The summed E-state index contributed by atoms with van der Waals surface area (Å²) in [6.07, 6.45) is 3.20.